The zero-order valence-electron chi connectivity index (χ0n) is 12.3. The lowest BCUT2D eigenvalue weighted by molar-refractivity contribution is -0.126. The molecular formula is C13H28N2O2S. The van der Waals surface area contributed by atoms with E-state index < -0.39 is 10.8 Å². The number of amides is 1. The van der Waals surface area contributed by atoms with E-state index in [2.05, 4.69) is 26.1 Å². The Bertz CT molecular complexity index is 287. The van der Waals surface area contributed by atoms with E-state index in [9.17, 15) is 9.00 Å². The topological polar surface area (TPSA) is 72.2 Å². The Kier molecular flexibility index (Phi) is 7.71. The summed E-state index contributed by atoms with van der Waals surface area (Å²) in [5.41, 5.74) is 5.76. The van der Waals surface area contributed by atoms with Gasteiger partial charge in [0.1, 0.15) is 0 Å². The van der Waals surface area contributed by atoms with Crippen LogP contribution in [0.3, 0.4) is 0 Å². The summed E-state index contributed by atoms with van der Waals surface area (Å²) >= 11 is 0. The molecule has 0 rings (SSSR count). The molecule has 5 heteroatoms. The number of hydrogen-bond acceptors (Lipinski definition) is 3. The van der Waals surface area contributed by atoms with E-state index in [4.69, 9.17) is 5.73 Å². The Balaban J connectivity index is 4.22. The van der Waals surface area contributed by atoms with Gasteiger partial charge in [-0.2, -0.15) is 0 Å². The van der Waals surface area contributed by atoms with E-state index in [1.165, 1.54) is 0 Å². The average Bonchev–Trinajstić information content (AvgIpc) is 2.21. The number of nitrogens with two attached hydrogens (primary N) is 1. The standard InChI is InChI=1S/C13H28N2O2S/c1-10(6-7-18(5)17)15-12(16)11(9-14)8-13(2,3)4/h10-11H,6-9,14H2,1-5H3,(H,15,16). The van der Waals surface area contributed by atoms with E-state index in [0.29, 0.717) is 12.3 Å². The first-order chi connectivity index (χ1) is 8.15. The SMILES string of the molecule is CC(CCS(C)=O)NC(=O)C(CN)CC(C)(C)C. The van der Waals surface area contributed by atoms with E-state index in [1.807, 2.05) is 6.92 Å². The highest BCUT2D eigenvalue weighted by atomic mass is 32.2. The lowest BCUT2D eigenvalue weighted by Gasteiger charge is -2.25. The summed E-state index contributed by atoms with van der Waals surface area (Å²) in [6.45, 7) is 8.62. The average molecular weight is 276 g/mol. The first kappa shape index (κ1) is 17.6. The summed E-state index contributed by atoms with van der Waals surface area (Å²) in [5, 5.41) is 2.96. The van der Waals surface area contributed by atoms with Crippen molar-refractivity contribution in [1.29, 1.82) is 0 Å². The molecule has 0 aliphatic heterocycles. The van der Waals surface area contributed by atoms with Gasteiger partial charge in [-0.25, -0.2) is 0 Å². The van der Waals surface area contributed by atoms with Gasteiger partial charge in [0.05, 0.1) is 5.92 Å². The fourth-order valence-corrected chi connectivity index (χ4v) is 2.48. The van der Waals surface area contributed by atoms with Crippen molar-refractivity contribution < 1.29 is 9.00 Å². The first-order valence-electron chi connectivity index (χ1n) is 6.46. The Morgan fingerprint density at radius 2 is 1.94 bits per heavy atom. The van der Waals surface area contributed by atoms with Crippen molar-refractivity contribution in [3.05, 3.63) is 0 Å². The molecule has 3 N–H and O–H groups in total. The van der Waals surface area contributed by atoms with Crippen LogP contribution in [0, 0.1) is 11.3 Å². The Morgan fingerprint density at radius 3 is 2.33 bits per heavy atom. The van der Waals surface area contributed by atoms with Gasteiger partial charge in [0.15, 0.2) is 0 Å². The molecule has 0 radical (unpaired) electrons. The largest absolute Gasteiger partial charge is 0.353 e. The summed E-state index contributed by atoms with van der Waals surface area (Å²) in [6.07, 6.45) is 3.19. The molecular weight excluding hydrogens is 248 g/mol. The van der Waals surface area contributed by atoms with Crippen molar-refractivity contribution in [1.82, 2.24) is 5.32 Å². The molecule has 3 atom stereocenters. The van der Waals surface area contributed by atoms with Crippen molar-refractivity contribution in [3.8, 4) is 0 Å². The number of hydrogen-bond donors (Lipinski definition) is 2. The van der Waals surface area contributed by atoms with Crippen LogP contribution < -0.4 is 11.1 Å². The van der Waals surface area contributed by atoms with Crippen LogP contribution in [0.5, 0.6) is 0 Å². The van der Waals surface area contributed by atoms with Crippen molar-refractivity contribution in [2.75, 3.05) is 18.6 Å². The molecule has 0 heterocycles. The van der Waals surface area contributed by atoms with Crippen LogP contribution in [0.2, 0.25) is 0 Å². The number of rotatable bonds is 7. The molecule has 3 unspecified atom stereocenters. The molecule has 0 aromatic carbocycles. The summed E-state index contributed by atoms with van der Waals surface area (Å²) in [4.78, 5) is 12.0. The third kappa shape index (κ3) is 8.64. The minimum absolute atomic E-state index is 0.0156. The van der Waals surface area contributed by atoms with Gasteiger partial charge in [0.2, 0.25) is 5.91 Å². The van der Waals surface area contributed by atoms with Crippen LogP contribution in [0.4, 0.5) is 0 Å². The van der Waals surface area contributed by atoms with Crippen molar-refractivity contribution in [2.24, 2.45) is 17.1 Å². The zero-order valence-corrected chi connectivity index (χ0v) is 13.1. The minimum atomic E-state index is -0.805. The second-order valence-electron chi connectivity index (χ2n) is 6.17. The Labute approximate surface area is 114 Å². The van der Waals surface area contributed by atoms with Gasteiger partial charge in [-0.3, -0.25) is 9.00 Å². The summed E-state index contributed by atoms with van der Waals surface area (Å²) in [5.74, 6) is 0.495. The predicted molar refractivity (Wildman–Crippen MR) is 77.8 cm³/mol. The molecule has 18 heavy (non-hydrogen) atoms. The van der Waals surface area contributed by atoms with Gasteiger partial charge in [-0.15, -0.1) is 0 Å². The fourth-order valence-electron chi connectivity index (χ4n) is 1.80. The van der Waals surface area contributed by atoms with E-state index in [1.54, 1.807) is 6.26 Å². The smallest absolute Gasteiger partial charge is 0.224 e. The third-order valence-electron chi connectivity index (χ3n) is 2.74. The summed E-state index contributed by atoms with van der Waals surface area (Å²) in [6, 6.07) is 0.0513. The minimum Gasteiger partial charge on any atom is -0.353 e. The van der Waals surface area contributed by atoms with E-state index in [-0.39, 0.29) is 23.3 Å². The molecule has 0 saturated carbocycles. The molecule has 0 spiro atoms. The quantitative estimate of drug-likeness (QED) is 0.735. The summed E-state index contributed by atoms with van der Waals surface area (Å²) in [7, 11) is -0.805. The molecule has 0 aliphatic rings. The van der Waals surface area contributed by atoms with E-state index in [0.717, 1.165) is 12.8 Å². The van der Waals surface area contributed by atoms with Crippen molar-refractivity contribution in [3.63, 3.8) is 0 Å². The maximum atomic E-state index is 12.0. The monoisotopic (exact) mass is 276 g/mol. The van der Waals surface area contributed by atoms with Gasteiger partial charge in [0, 0.05) is 35.4 Å². The number of nitrogens with one attached hydrogen (secondary N) is 1. The molecule has 0 aliphatic carbocycles. The van der Waals surface area contributed by atoms with Crippen LogP contribution in [0.15, 0.2) is 0 Å². The van der Waals surface area contributed by atoms with Gasteiger partial charge in [-0.1, -0.05) is 20.8 Å². The van der Waals surface area contributed by atoms with Gasteiger partial charge < -0.3 is 11.1 Å². The molecule has 0 aromatic rings. The second kappa shape index (κ2) is 7.89. The van der Waals surface area contributed by atoms with Crippen LogP contribution in [-0.4, -0.2) is 34.7 Å². The molecule has 0 saturated heterocycles. The molecule has 1 amide bonds. The van der Waals surface area contributed by atoms with Crippen LogP contribution >= 0.6 is 0 Å². The lowest BCUT2D eigenvalue weighted by atomic mass is 9.84. The maximum Gasteiger partial charge on any atom is 0.224 e. The zero-order chi connectivity index (χ0) is 14.3. The van der Waals surface area contributed by atoms with Crippen molar-refractivity contribution >= 4 is 16.7 Å². The van der Waals surface area contributed by atoms with Crippen LogP contribution in [-0.2, 0) is 15.6 Å². The highest BCUT2D eigenvalue weighted by molar-refractivity contribution is 7.84. The van der Waals surface area contributed by atoms with Gasteiger partial charge in [-0.05, 0) is 25.2 Å². The number of carbonyl (C=O) groups excluding carboxylic acids is 1. The second-order valence-corrected chi connectivity index (χ2v) is 7.73. The van der Waals surface area contributed by atoms with E-state index >= 15 is 0 Å². The number of carbonyl (C=O) groups is 1. The lowest BCUT2D eigenvalue weighted by Crippen LogP contribution is -2.41. The summed E-state index contributed by atoms with van der Waals surface area (Å²) < 4.78 is 11.0. The highest BCUT2D eigenvalue weighted by Crippen LogP contribution is 2.24. The first-order valence-corrected chi connectivity index (χ1v) is 8.19. The van der Waals surface area contributed by atoms with Gasteiger partial charge in [0.25, 0.3) is 0 Å². The predicted octanol–water partition coefficient (Wildman–Crippen LogP) is 1.27. The maximum absolute atomic E-state index is 12.0. The molecule has 0 aromatic heterocycles. The van der Waals surface area contributed by atoms with Crippen LogP contribution in [0.1, 0.15) is 40.5 Å². The fraction of sp³-hybridized carbons (Fsp3) is 0.923. The molecule has 108 valence electrons. The highest BCUT2D eigenvalue weighted by Gasteiger charge is 2.24. The Morgan fingerprint density at radius 1 is 1.39 bits per heavy atom. The van der Waals surface area contributed by atoms with Crippen molar-refractivity contribution in [2.45, 2.75) is 46.6 Å². The van der Waals surface area contributed by atoms with Gasteiger partial charge >= 0.3 is 0 Å². The molecule has 0 bridgehead atoms. The molecule has 4 nitrogen and oxygen atoms in total. The Hall–Kier alpha value is -0.420. The third-order valence-corrected chi connectivity index (χ3v) is 3.55. The van der Waals surface area contributed by atoms with Crippen LogP contribution in [0.25, 0.3) is 0 Å². The normalized spacial score (nSPS) is 17.0. The molecule has 0 fully saturated rings.